The third-order valence-electron chi connectivity index (χ3n) is 10.5. The number of hydrogen-bond donors (Lipinski definition) is 0. The minimum Gasteiger partial charge on any atom is -0.292 e. The number of fused-ring (bicyclic) bond motifs is 4. The molecule has 0 unspecified atom stereocenters. The Kier molecular flexibility index (Phi) is 8.38. The van der Waals surface area contributed by atoms with Crippen LogP contribution in [0, 0.1) is 0 Å². The topological polar surface area (TPSA) is 73.8 Å². The van der Waals surface area contributed by atoms with E-state index in [1.165, 1.54) is 0 Å². The number of benzene rings is 4. The molecule has 0 spiro atoms. The van der Waals surface area contributed by atoms with E-state index in [0.717, 1.165) is 101 Å². The Morgan fingerprint density at radius 2 is 1.07 bits per heavy atom. The second-order valence-corrected chi connectivity index (χ2v) is 13.8. The van der Waals surface area contributed by atoms with E-state index in [2.05, 4.69) is 146 Å². The third-order valence-corrected chi connectivity index (χ3v) is 10.5. The van der Waals surface area contributed by atoms with Crippen LogP contribution in [-0.4, -0.2) is 35.8 Å². The summed E-state index contributed by atoms with van der Waals surface area (Å²) in [6.07, 6.45) is 9.63. The van der Waals surface area contributed by atoms with Crippen LogP contribution >= 0.6 is 0 Å². The van der Waals surface area contributed by atoms with Crippen LogP contribution in [0.15, 0.2) is 181 Å². The Morgan fingerprint density at radius 1 is 0.509 bits per heavy atom. The highest BCUT2D eigenvalue weighted by Crippen LogP contribution is 2.41. The van der Waals surface area contributed by atoms with Gasteiger partial charge in [0.2, 0.25) is 0 Å². The number of hydrogen-bond acceptors (Lipinski definition) is 5. The normalized spacial score (nSPS) is 11.6. The SMILES string of the molecule is C=Nc1c(/C=C\C)n(-c2cccc(-n3c4ccc(-c5ccccc5-c5ccccn5)cc4c4ncccc43)n2)c2ccc(-c3ccccc3-c3ccccn3)cc12. The summed E-state index contributed by atoms with van der Waals surface area (Å²) < 4.78 is 4.38. The highest BCUT2D eigenvalue weighted by molar-refractivity contribution is 6.09. The van der Waals surface area contributed by atoms with Gasteiger partial charge >= 0.3 is 0 Å². The zero-order chi connectivity index (χ0) is 38.3. The highest BCUT2D eigenvalue weighted by atomic mass is 15.1. The van der Waals surface area contributed by atoms with Crippen molar-refractivity contribution in [2.75, 3.05) is 0 Å². The molecule has 6 aromatic heterocycles. The molecule has 0 N–H and O–H groups in total. The Labute approximate surface area is 329 Å². The molecule has 0 aliphatic heterocycles. The van der Waals surface area contributed by atoms with E-state index in [1.807, 2.05) is 74.1 Å². The monoisotopic (exact) mass is 733 g/mol. The zero-order valence-corrected chi connectivity index (χ0v) is 31.2. The van der Waals surface area contributed by atoms with Crippen LogP contribution in [0.4, 0.5) is 5.69 Å². The standard InChI is InChI=1S/C50H35N7/c1-3-14-45-49(51-2)39-31-33(35-15-4-6-17-37(35)41-19-8-10-28-52-41)24-26-43(39)56(45)47-22-12-23-48(55-47)57-44-27-25-34(32-40(44)50-46(57)21-13-30-54-50)36-16-5-7-18-38(36)42-20-9-11-29-53-42/h3-32H,2H2,1H3/b14-3-. The van der Waals surface area contributed by atoms with Crippen molar-refractivity contribution >= 4 is 51.3 Å². The van der Waals surface area contributed by atoms with Gasteiger partial charge in [-0.05, 0) is 115 Å². The molecule has 7 heteroatoms. The molecule has 0 aliphatic rings. The average Bonchev–Trinajstić information content (AvgIpc) is 3.78. The largest absolute Gasteiger partial charge is 0.292 e. The molecule has 0 radical (unpaired) electrons. The first-order valence-electron chi connectivity index (χ1n) is 18.9. The molecule has 6 heterocycles. The predicted molar refractivity (Wildman–Crippen MR) is 234 cm³/mol. The van der Waals surface area contributed by atoms with E-state index in [1.54, 1.807) is 0 Å². The van der Waals surface area contributed by atoms with Gasteiger partial charge in [0.1, 0.15) is 11.6 Å². The Morgan fingerprint density at radius 3 is 1.67 bits per heavy atom. The van der Waals surface area contributed by atoms with Gasteiger partial charge in [0, 0.05) is 40.5 Å². The maximum absolute atomic E-state index is 5.38. The summed E-state index contributed by atoms with van der Waals surface area (Å²) in [6, 6.07) is 52.2. The molecule has 0 amide bonds. The van der Waals surface area contributed by atoms with Crippen LogP contribution in [0.2, 0.25) is 0 Å². The summed E-state index contributed by atoms with van der Waals surface area (Å²) in [5.74, 6) is 1.55. The molecule has 0 saturated carbocycles. The summed E-state index contributed by atoms with van der Waals surface area (Å²) in [7, 11) is 0. The van der Waals surface area contributed by atoms with Crippen LogP contribution in [-0.2, 0) is 0 Å². The van der Waals surface area contributed by atoms with Crippen LogP contribution in [0.1, 0.15) is 12.6 Å². The summed E-state index contributed by atoms with van der Waals surface area (Å²) in [5, 5.41) is 2.03. The van der Waals surface area contributed by atoms with Gasteiger partial charge in [0.05, 0.1) is 44.8 Å². The maximum atomic E-state index is 5.38. The Balaban J connectivity index is 1.13. The molecule has 0 fully saturated rings. The van der Waals surface area contributed by atoms with Gasteiger partial charge in [-0.25, -0.2) is 4.98 Å². The first-order chi connectivity index (χ1) is 28.2. The van der Waals surface area contributed by atoms with Gasteiger partial charge in [-0.15, -0.1) is 0 Å². The smallest absolute Gasteiger partial charge is 0.140 e. The summed E-state index contributed by atoms with van der Waals surface area (Å²) in [4.78, 5) is 24.2. The van der Waals surface area contributed by atoms with Gasteiger partial charge in [-0.2, -0.15) is 0 Å². The molecule has 270 valence electrons. The molecule has 0 bridgehead atoms. The first-order valence-corrected chi connectivity index (χ1v) is 18.9. The number of nitrogens with zero attached hydrogens (tertiary/aromatic N) is 7. The van der Waals surface area contributed by atoms with E-state index in [9.17, 15) is 0 Å². The number of allylic oxidation sites excluding steroid dienone is 1. The van der Waals surface area contributed by atoms with Gasteiger partial charge in [-0.3, -0.25) is 29.1 Å². The molecule has 10 aromatic rings. The minimum atomic E-state index is 0.766. The lowest BCUT2D eigenvalue weighted by Crippen LogP contribution is -2.04. The molecular formula is C50H35N7. The molecule has 4 aromatic carbocycles. The van der Waals surface area contributed by atoms with E-state index < -0.39 is 0 Å². The lowest BCUT2D eigenvalue weighted by molar-refractivity contribution is 0.986. The van der Waals surface area contributed by atoms with Crippen molar-refractivity contribution in [1.82, 2.24) is 29.1 Å². The molecule has 0 aliphatic carbocycles. The lowest BCUT2D eigenvalue weighted by Gasteiger charge is -2.13. The molecule has 10 rings (SSSR count). The molecule has 0 atom stereocenters. The number of rotatable bonds is 8. The fourth-order valence-electron chi connectivity index (χ4n) is 8.06. The van der Waals surface area contributed by atoms with Crippen molar-refractivity contribution in [3.05, 3.63) is 182 Å². The second kappa shape index (κ2) is 14.1. The van der Waals surface area contributed by atoms with Gasteiger partial charge in [-0.1, -0.05) is 84.9 Å². The molecule has 0 saturated heterocycles. The average molecular weight is 734 g/mol. The van der Waals surface area contributed by atoms with E-state index in [4.69, 9.17) is 9.97 Å². The lowest BCUT2D eigenvalue weighted by atomic mass is 9.96. The van der Waals surface area contributed by atoms with Crippen molar-refractivity contribution < 1.29 is 0 Å². The number of aliphatic imine (C=N–C) groups is 1. The van der Waals surface area contributed by atoms with Crippen LogP contribution in [0.25, 0.3) is 95.3 Å². The van der Waals surface area contributed by atoms with Crippen molar-refractivity contribution in [2.45, 2.75) is 6.92 Å². The zero-order valence-electron chi connectivity index (χ0n) is 31.2. The molecule has 7 nitrogen and oxygen atoms in total. The molecular weight excluding hydrogens is 699 g/mol. The quantitative estimate of drug-likeness (QED) is 0.146. The predicted octanol–water partition coefficient (Wildman–Crippen LogP) is 12.3. The van der Waals surface area contributed by atoms with E-state index >= 15 is 0 Å². The van der Waals surface area contributed by atoms with E-state index in [-0.39, 0.29) is 0 Å². The number of pyridine rings is 4. The van der Waals surface area contributed by atoms with Crippen molar-refractivity contribution in [2.24, 2.45) is 4.99 Å². The van der Waals surface area contributed by atoms with Crippen LogP contribution < -0.4 is 0 Å². The van der Waals surface area contributed by atoms with Crippen molar-refractivity contribution in [3.63, 3.8) is 0 Å². The first kappa shape index (κ1) is 33.8. The van der Waals surface area contributed by atoms with E-state index in [0.29, 0.717) is 0 Å². The molecule has 57 heavy (non-hydrogen) atoms. The van der Waals surface area contributed by atoms with Crippen molar-refractivity contribution in [3.8, 4) is 56.4 Å². The highest BCUT2D eigenvalue weighted by Gasteiger charge is 2.21. The number of aromatic nitrogens is 6. The minimum absolute atomic E-state index is 0.766. The Hall–Kier alpha value is -7.77. The fraction of sp³-hybridized carbons (Fsp3) is 0.0200. The van der Waals surface area contributed by atoms with Gasteiger partial charge in [0.15, 0.2) is 0 Å². The maximum Gasteiger partial charge on any atom is 0.140 e. The van der Waals surface area contributed by atoms with Gasteiger partial charge in [0.25, 0.3) is 0 Å². The fourth-order valence-corrected chi connectivity index (χ4v) is 8.06. The summed E-state index contributed by atoms with van der Waals surface area (Å²) in [5.41, 5.74) is 14.0. The van der Waals surface area contributed by atoms with Crippen molar-refractivity contribution in [1.29, 1.82) is 0 Å². The second-order valence-electron chi connectivity index (χ2n) is 13.8. The van der Waals surface area contributed by atoms with Crippen LogP contribution in [0.3, 0.4) is 0 Å². The summed E-state index contributed by atoms with van der Waals surface area (Å²) in [6.45, 7) is 6.05. The van der Waals surface area contributed by atoms with Crippen LogP contribution in [0.5, 0.6) is 0 Å². The van der Waals surface area contributed by atoms with Gasteiger partial charge < -0.3 is 0 Å². The Bertz CT molecular complexity index is 3160. The summed E-state index contributed by atoms with van der Waals surface area (Å²) >= 11 is 0. The third kappa shape index (κ3) is 5.72.